The molecule has 0 aliphatic heterocycles. The van der Waals surface area contributed by atoms with E-state index in [2.05, 4.69) is 0 Å². The fraction of sp³-hybridized carbons (Fsp3) is 0.875. The lowest BCUT2D eigenvalue weighted by molar-refractivity contribution is -0.134. The molecule has 1 fully saturated rings. The zero-order valence-corrected chi connectivity index (χ0v) is 7.89. The van der Waals surface area contributed by atoms with E-state index in [4.69, 9.17) is 22.4 Å². The molecule has 0 amide bonds. The van der Waals surface area contributed by atoms with Gasteiger partial charge in [-0.2, -0.15) is 0 Å². The number of carbonyl (C=O) groups is 1. The fourth-order valence-electron chi connectivity index (χ4n) is 1.13. The number of hydrogen-bond donors (Lipinski definition) is 2. The Morgan fingerprint density at radius 1 is 1.42 bits per heavy atom. The van der Waals surface area contributed by atoms with Crippen LogP contribution in [0.25, 0.3) is 0 Å². The Bertz CT molecular complexity index is 124. The molecule has 4 heteroatoms. The maximum atomic E-state index is 9.24. The predicted octanol–water partition coefficient (Wildman–Crippen LogP) is 1.59. The van der Waals surface area contributed by atoms with Crippen molar-refractivity contribution in [2.75, 3.05) is 5.88 Å². The van der Waals surface area contributed by atoms with E-state index >= 15 is 0 Å². The lowest BCUT2D eigenvalue weighted by Gasteiger charge is -2.15. The van der Waals surface area contributed by atoms with E-state index in [9.17, 15) is 4.79 Å². The Labute approximate surface area is 77.9 Å². The van der Waals surface area contributed by atoms with Crippen LogP contribution in [-0.4, -0.2) is 23.0 Å². The maximum Gasteiger partial charge on any atom is 0.318 e. The van der Waals surface area contributed by atoms with Crippen molar-refractivity contribution in [1.29, 1.82) is 0 Å². The summed E-state index contributed by atoms with van der Waals surface area (Å²) in [7, 11) is 0. The molecule has 12 heavy (non-hydrogen) atoms. The first kappa shape index (κ1) is 11.7. The van der Waals surface area contributed by atoms with Crippen LogP contribution in [0.4, 0.5) is 0 Å². The Morgan fingerprint density at radius 3 is 2.00 bits per heavy atom. The normalized spacial score (nSPS) is 17.8. The van der Waals surface area contributed by atoms with Crippen LogP contribution >= 0.6 is 11.6 Å². The third kappa shape index (κ3) is 7.82. The third-order valence-electron chi connectivity index (χ3n) is 1.76. The number of alkyl halides is 1. The van der Waals surface area contributed by atoms with Gasteiger partial charge in [0.2, 0.25) is 0 Å². The summed E-state index contributed by atoms with van der Waals surface area (Å²) in [4.78, 5) is 9.24. The molecule has 1 aliphatic carbocycles. The van der Waals surface area contributed by atoms with Crippen molar-refractivity contribution in [2.45, 2.75) is 38.1 Å². The maximum absolute atomic E-state index is 9.24. The summed E-state index contributed by atoms with van der Waals surface area (Å²) >= 11 is 4.74. The Hall–Kier alpha value is -0.280. The standard InChI is InChI=1S/C6H13N.C2H3ClO2/c7-6-4-2-1-3-5-6;3-1-2(4)5/h6H,1-5,7H2;1H2,(H,4,5). The molecular weight excluding hydrogens is 178 g/mol. The molecule has 0 atom stereocenters. The van der Waals surface area contributed by atoms with E-state index in [-0.39, 0.29) is 5.88 Å². The molecule has 0 aromatic rings. The lowest BCUT2D eigenvalue weighted by atomic mass is 9.97. The average Bonchev–Trinajstić information content (AvgIpc) is 2.07. The smallest absolute Gasteiger partial charge is 0.318 e. The monoisotopic (exact) mass is 193 g/mol. The van der Waals surface area contributed by atoms with Gasteiger partial charge in [-0.15, -0.1) is 11.6 Å². The number of rotatable bonds is 1. The molecule has 3 nitrogen and oxygen atoms in total. The van der Waals surface area contributed by atoms with Crippen molar-refractivity contribution in [1.82, 2.24) is 0 Å². The van der Waals surface area contributed by atoms with Gasteiger partial charge < -0.3 is 10.8 Å². The van der Waals surface area contributed by atoms with E-state index in [1.165, 1.54) is 32.1 Å². The SMILES string of the molecule is NC1CCCCC1.O=C(O)CCl. The summed E-state index contributed by atoms with van der Waals surface area (Å²) in [5.74, 6) is -1.29. The molecule has 0 heterocycles. The number of carboxylic acid groups (broad SMARTS) is 1. The molecule has 0 saturated heterocycles. The number of nitrogens with two attached hydrogens (primary N) is 1. The summed E-state index contributed by atoms with van der Waals surface area (Å²) in [6, 6.07) is 0.536. The first-order valence-electron chi connectivity index (χ1n) is 4.20. The van der Waals surface area contributed by atoms with Gasteiger partial charge in [0.25, 0.3) is 0 Å². The van der Waals surface area contributed by atoms with E-state index in [1.54, 1.807) is 0 Å². The second-order valence-electron chi connectivity index (χ2n) is 2.93. The zero-order chi connectivity index (χ0) is 9.40. The van der Waals surface area contributed by atoms with Crippen molar-refractivity contribution >= 4 is 17.6 Å². The molecule has 0 aromatic carbocycles. The highest BCUT2D eigenvalue weighted by atomic mass is 35.5. The first-order valence-corrected chi connectivity index (χ1v) is 4.73. The summed E-state index contributed by atoms with van der Waals surface area (Å²) in [6.07, 6.45) is 6.66. The lowest BCUT2D eigenvalue weighted by Crippen LogP contribution is -2.22. The van der Waals surface area contributed by atoms with Gasteiger partial charge in [0.15, 0.2) is 0 Å². The van der Waals surface area contributed by atoms with Gasteiger partial charge in [-0.1, -0.05) is 19.3 Å². The summed E-state index contributed by atoms with van der Waals surface area (Å²) in [5, 5.41) is 7.59. The highest BCUT2D eigenvalue weighted by Crippen LogP contribution is 2.14. The molecule has 72 valence electrons. The third-order valence-corrected chi connectivity index (χ3v) is 1.99. The van der Waals surface area contributed by atoms with Crippen molar-refractivity contribution < 1.29 is 9.90 Å². The molecule has 0 radical (unpaired) electrons. The van der Waals surface area contributed by atoms with Crippen LogP contribution in [0.5, 0.6) is 0 Å². The van der Waals surface area contributed by atoms with Crippen molar-refractivity contribution in [3.05, 3.63) is 0 Å². The molecule has 1 rings (SSSR count). The van der Waals surface area contributed by atoms with Crippen LogP contribution in [0, 0.1) is 0 Å². The fourth-order valence-corrected chi connectivity index (χ4v) is 1.13. The van der Waals surface area contributed by atoms with Gasteiger partial charge >= 0.3 is 5.97 Å². The predicted molar refractivity (Wildman–Crippen MR) is 49.4 cm³/mol. The van der Waals surface area contributed by atoms with E-state index in [1.807, 2.05) is 0 Å². The molecule has 0 spiro atoms. The van der Waals surface area contributed by atoms with Crippen LogP contribution in [0.1, 0.15) is 32.1 Å². The molecule has 0 unspecified atom stereocenters. The van der Waals surface area contributed by atoms with E-state index in [0.717, 1.165) is 0 Å². The highest BCUT2D eigenvalue weighted by molar-refractivity contribution is 6.26. The van der Waals surface area contributed by atoms with Gasteiger partial charge in [-0.05, 0) is 12.8 Å². The molecule has 0 aromatic heterocycles. The van der Waals surface area contributed by atoms with Crippen molar-refractivity contribution in [3.63, 3.8) is 0 Å². The van der Waals surface area contributed by atoms with Crippen LogP contribution in [0.3, 0.4) is 0 Å². The Balaban J connectivity index is 0.000000217. The van der Waals surface area contributed by atoms with Crippen molar-refractivity contribution in [2.24, 2.45) is 5.73 Å². The number of aliphatic carboxylic acids is 1. The summed E-state index contributed by atoms with van der Waals surface area (Å²) in [6.45, 7) is 0. The molecular formula is C8H16ClNO2. The van der Waals surface area contributed by atoms with Gasteiger partial charge in [-0.3, -0.25) is 4.79 Å². The minimum atomic E-state index is -0.980. The topological polar surface area (TPSA) is 63.3 Å². The van der Waals surface area contributed by atoms with Crippen molar-refractivity contribution in [3.8, 4) is 0 Å². The van der Waals surface area contributed by atoms with Gasteiger partial charge in [0.05, 0.1) is 0 Å². The van der Waals surface area contributed by atoms with Crippen LogP contribution in [0.15, 0.2) is 0 Å². The Morgan fingerprint density at radius 2 is 1.83 bits per heavy atom. The highest BCUT2D eigenvalue weighted by Gasteiger charge is 2.06. The minimum Gasteiger partial charge on any atom is -0.480 e. The minimum absolute atomic E-state index is 0.306. The van der Waals surface area contributed by atoms with E-state index in [0.29, 0.717) is 6.04 Å². The molecule has 3 N–H and O–H groups in total. The average molecular weight is 194 g/mol. The van der Waals surface area contributed by atoms with Gasteiger partial charge in [0, 0.05) is 6.04 Å². The molecule has 1 aliphatic rings. The number of hydrogen-bond acceptors (Lipinski definition) is 2. The zero-order valence-electron chi connectivity index (χ0n) is 7.13. The quantitative estimate of drug-likeness (QED) is 0.622. The first-order chi connectivity index (χ1) is 5.66. The summed E-state index contributed by atoms with van der Waals surface area (Å²) < 4.78 is 0. The van der Waals surface area contributed by atoms with Gasteiger partial charge in [-0.25, -0.2) is 0 Å². The number of carboxylic acids is 1. The van der Waals surface area contributed by atoms with E-state index < -0.39 is 5.97 Å². The second-order valence-corrected chi connectivity index (χ2v) is 3.19. The largest absolute Gasteiger partial charge is 0.480 e. The van der Waals surface area contributed by atoms with Crippen LogP contribution in [0.2, 0.25) is 0 Å². The second kappa shape index (κ2) is 7.37. The van der Waals surface area contributed by atoms with Crippen LogP contribution < -0.4 is 5.73 Å². The summed E-state index contributed by atoms with van der Waals surface area (Å²) in [5.41, 5.74) is 5.63. The number of halogens is 1. The molecule has 0 bridgehead atoms. The Kier molecular flexibility index (Phi) is 7.20. The molecule has 1 saturated carbocycles. The van der Waals surface area contributed by atoms with Gasteiger partial charge in [0.1, 0.15) is 5.88 Å². The van der Waals surface area contributed by atoms with Crippen LogP contribution in [-0.2, 0) is 4.79 Å².